The Hall–Kier alpha value is -0.850. The quantitative estimate of drug-likeness (QED) is 0.171. The summed E-state index contributed by atoms with van der Waals surface area (Å²) in [4.78, 5) is 6.48. The van der Waals surface area contributed by atoms with Crippen molar-refractivity contribution in [3.8, 4) is 0 Å². The maximum Gasteiger partial charge on any atom is 0.205 e. The van der Waals surface area contributed by atoms with E-state index < -0.39 is 0 Å². The van der Waals surface area contributed by atoms with E-state index in [1.165, 1.54) is 0 Å². The fourth-order valence-electron chi connectivity index (χ4n) is 1.15. The second kappa shape index (κ2) is 10.7. The number of methoxy groups -OCH3 is 1. The predicted octanol–water partition coefficient (Wildman–Crippen LogP) is -0.616. The van der Waals surface area contributed by atoms with Gasteiger partial charge in [0.1, 0.15) is 0 Å². The topological polar surface area (TPSA) is 74.9 Å². The lowest BCUT2D eigenvalue weighted by Gasteiger charge is -2.09. The van der Waals surface area contributed by atoms with Crippen molar-refractivity contribution in [1.29, 1.82) is 0 Å². The van der Waals surface area contributed by atoms with Crippen molar-refractivity contribution in [2.75, 3.05) is 47.4 Å². The van der Waals surface area contributed by atoms with E-state index in [0.717, 1.165) is 25.9 Å². The van der Waals surface area contributed by atoms with E-state index in [-0.39, 0.29) is 0 Å². The first-order valence-electron chi connectivity index (χ1n) is 5.59. The van der Waals surface area contributed by atoms with Crippen LogP contribution in [0.25, 0.3) is 0 Å². The highest BCUT2D eigenvalue weighted by molar-refractivity contribution is 5.79. The third-order valence-corrected chi connectivity index (χ3v) is 2.02. The van der Waals surface area contributed by atoms with Crippen molar-refractivity contribution >= 4 is 5.96 Å². The van der Waals surface area contributed by atoms with Crippen molar-refractivity contribution in [2.45, 2.75) is 12.8 Å². The van der Waals surface area contributed by atoms with Gasteiger partial charge in [-0.15, -0.1) is 0 Å². The molecule has 0 aliphatic heterocycles. The van der Waals surface area contributed by atoms with Crippen LogP contribution in [-0.4, -0.2) is 58.3 Å². The summed E-state index contributed by atoms with van der Waals surface area (Å²) in [5, 5.41) is 3.05. The van der Waals surface area contributed by atoms with E-state index >= 15 is 0 Å². The average molecular weight is 231 g/mol. The molecule has 16 heavy (non-hydrogen) atoms. The minimum atomic E-state index is 0.627. The maximum absolute atomic E-state index is 5.33. The van der Waals surface area contributed by atoms with Crippen LogP contribution in [0.2, 0.25) is 0 Å². The molecule has 4 N–H and O–H groups in total. The number of rotatable bonds is 8. The Morgan fingerprint density at radius 3 is 2.69 bits per heavy atom. The first-order chi connectivity index (χ1) is 7.70. The fourth-order valence-corrected chi connectivity index (χ4v) is 1.15. The minimum Gasteiger partial charge on any atom is -0.383 e. The molecule has 0 unspecified atom stereocenters. The number of guanidine groups is 1. The van der Waals surface area contributed by atoms with E-state index in [1.54, 1.807) is 7.11 Å². The Morgan fingerprint density at radius 2 is 2.12 bits per heavy atom. The van der Waals surface area contributed by atoms with Gasteiger partial charge in [-0.25, -0.2) is 5.84 Å². The van der Waals surface area contributed by atoms with Crippen LogP contribution in [0.1, 0.15) is 12.8 Å². The lowest BCUT2D eigenvalue weighted by molar-refractivity contribution is 0.203. The lowest BCUT2D eigenvalue weighted by atomic mass is 10.3. The van der Waals surface area contributed by atoms with Gasteiger partial charge in [0.15, 0.2) is 0 Å². The minimum absolute atomic E-state index is 0.627. The summed E-state index contributed by atoms with van der Waals surface area (Å²) < 4.78 is 4.91. The number of hydrogen-bond acceptors (Lipinski definition) is 4. The number of hydrogen-bond donors (Lipinski definition) is 3. The van der Waals surface area contributed by atoms with Gasteiger partial charge >= 0.3 is 0 Å². The molecule has 0 spiro atoms. The Labute approximate surface area is 98.2 Å². The number of aliphatic imine (C=N–C) groups is 1. The van der Waals surface area contributed by atoms with Crippen molar-refractivity contribution in [1.82, 2.24) is 15.6 Å². The number of unbranched alkanes of at least 4 members (excludes halogenated alkanes) is 1. The second-order valence-corrected chi connectivity index (χ2v) is 3.80. The molecule has 0 atom stereocenters. The summed E-state index contributed by atoms with van der Waals surface area (Å²) in [6, 6.07) is 0. The van der Waals surface area contributed by atoms with Gasteiger partial charge in [-0.05, 0) is 33.5 Å². The Kier molecular flexibility index (Phi) is 10.1. The highest BCUT2D eigenvalue weighted by atomic mass is 16.5. The molecule has 0 aliphatic rings. The SMILES string of the molecule is COCCNC(=NCCCCN(C)C)NN. The first kappa shape index (κ1) is 15.2. The van der Waals surface area contributed by atoms with Crippen LogP contribution in [-0.2, 0) is 4.74 Å². The third kappa shape index (κ3) is 9.70. The molecule has 0 amide bonds. The zero-order valence-corrected chi connectivity index (χ0v) is 10.6. The smallest absolute Gasteiger partial charge is 0.205 e. The van der Waals surface area contributed by atoms with Crippen molar-refractivity contribution in [2.24, 2.45) is 10.8 Å². The van der Waals surface area contributed by atoms with Gasteiger partial charge in [0, 0.05) is 20.2 Å². The summed E-state index contributed by atoms with van der Waals surface area (Å²) in [5.41, 5.74) is 2.53. The molecule has 0 aromatic carbocycles. The van der Waals surface area contributed by atoms with Crippen LogP contribution in [0.5, 0.6) is 0 Å². The summed E-state index contributed by atoms with van der Waals surface area (Å²) in [6.45, 7) is 3.23. The molecule has 0 fully saturated rings. The summed E-state index contributed by atoms with van der Waals surface area (Å²) >= 11 is 0. The molecule has 0 saturated carbocycles. The zero-order chi connectivity index (χ0) is 12.2. The van der Waals surface area contributed by atoms with Crippen molar-refractivity contribution in [3.05, 3.63) is 0 Å². The molecule has 0 aromatic heterocycles. The van der Waals surface area contributed by atoms with Gasteiger partial charge in [0.25, 0.3) is 0 Å². The predicted molar refractivity (Wildman–Crippen MR) is 67.3 cm³/mol. The molecule has 0 rings (SSSR count). The van der Waals surface area contributed by atoms with Crippen LogP contribution < -0.4 is 16.6 Å². The van der Waals surface area contributed by atoms with Crippen LogP contribution >= 0.6 is 0 Å². The van der Waals surface area contributed by atoms with Crippen LogP contribution in [0.15, 0.2) is 4.99 Å². The molecular formula is C10H25N5O. The van der Waals surface area contributed by atoms with Crippen LogP contribution in [0, 0.1) is 0 Å². The second-order valence-electron chi connectivity index (χ2n) is 3.80. The van der Waals surface area contributed by atoms with E-state index in [1.807, 2.05) is 0 Å². The lowest BCUT2D eigenvalue weighted by Crippen LogP contribution is -2.42. The number of nitrogens with zero attached hydrogens (tertiary/aromatic N) is 2. The first-order valence-corrected chi connectivity index (χ1v) is 5.59. The van der Waals surface area contributed by atoms with E-state index in [0.29, 0.717) is 19.1 Å². The number of ether oxygens (including phenoxy) is 1. The molecule has 6 heteroatoms. The molecule has 0 radical (unpaired) electrons. The van der Waals surface area contributed by atoms with Crippen molar-refractivity contribution < 1.29 is 4.74 Å². The standard InChI is InChI=1S/C10H25N5O/c1-15(2)8-5-4-6-12-10(14-11)13-7-9-16-3/h4-9,11H2,1-3H3,(H2,12,13,14). The molecule has 96 valence electrons. The van der Waals surface area contributed by atoms with Gasteiger partial charge < -0.3 is 15.0 Å². The summed E-state index contributed by atoms with van der Waals surface area (Å²) in [5.74, 6) is 5.95. The average Bonchev–Trinajstić information content (AvgIpc) is 2.26. The van der Waals surface area contributed by atoms with Crippen molar-refractivity contribution in [3.63, 3.8) is 0 Å². The molecule has 0 bridgehead atoms. The summed E-state index contributed by atoms with van der Waals surface area (Å²) in [7, 11) is 5.81. The fraction of sp³-hybridized carbons (Fsp3) is 0.900. The van der Waals surface area contributed by atoms with Gasteiger partial charge in [-0.3, -0.25) is 10.4 Å². The Morgan fingerprint density at radius 1 is 1.38 bits per heavy atom. The van der Waals surface area contributed by atoms with Gasteiger partial charge in [-0.2, -0.15) is 0 Å². The monoisotopic (exact) mass is 231 g/mol. The highest BCUT2D eigenvalue weighted by Gasteiger charge is 1.94. The van der Waals surface area contributed by atoms with E-state index in [4.69, 9.17) is 10.6 Å². The molecular weight excluding hydrogens is 206 g/mol. The molecule has 0 aliphatic carbocycles. The maximum atomic E-state index is 5.33. The number of nitrogens with two attached hydrogens (primary N) is 1. The molecule has 6 nitrogen and oxygen atoms in total. The number of nitrogens with one attached hydrogen (secondary N) is 2. The largest absolute Gasteiger partial charge is 0.383 e. The highest BCUT2D eigenvalue weighted by Crippen LogP contribution is 1.91. The summed E-state index contributed by atoms with van der Waals surface area (Å²) in [6.07, 6.45) is 2.21. The zero-order valence-electron chi connectivity index (χ0n) is 10.6. The molecule has 0 heterocycles. The molecule has 0 saturated heterocycles. The Bertz CT molecular complexity index is 184. The van der Waals surface area contributed by atoms with Gasteiger partial charge in [-0.1, -0.05) is 0 Å². The Balaban J connectivity index is 3.55. The van der Waals surface area contributed by atoms with E-state index in [2.05, 4.69) is 34.7 Å². The van der Waals surface area contributed by atoms with Gasteiger partial charge in [0.2, 0.25) is 5.96 Å². The molecule has 0 aromatic rings. The number of hydrazine groups is 1. The normalized spacial score (nSPS) is 11.9. The van der Waals surface area contributed by atoms with E-state index in [9.17, 15) is 0 Å². The van der Waals surface area contributed by atoms with Gasteiger partial charge in [0.05, 0.1) is 6.61 Å². The van der Waals surface area contributed by atoms with Crippen LogP contribution in [0.4, 0.5) is 0 Å². The van der Waals surface area contributed by atoms with Crippen LogP contribution in [0.3, 0.4) is 0 Å². The third-order valence-electron chi connectivity index (χ3n) is 2.02.